The van der Waals surface area contributed by atoms with Crippen molar-refractivity contribution >= 4 is 6.09 Å². The van der Waals surface area contributed by atoms with Gasteiger partial charge in [0.25, 0.3) is 0 Å². The van der Waals surface area contributed by atoms with Gasteiger partial charge in [0.2, 0.25) is 0 Å². The molecule has 96 valence electrons. The molecular formula is C12H26N2O2. The molecule has 0 aromatic rings. The molecule has 0 aromatic heterocycles. The van der Waals surface area contributed by atoms with Crippen LogP contribution in [0.15, 0.2) is 0 Å². The lowest BCUT2D eigenvalue weighted by Crippen LogP contribution is -2.33. The van der Waals surface area contributed by atoms with Gasteiger partial charge in [0, 0.05) is 12.6 Å². The molecule has 0 aromatic carbocycles. The van der Waals surface area contributed by atoms with E-state index in [2.05, 4.69) is 12.2 Å². The van der Waals surface area contributed by atoms with Crippen LogP contribution < -0.4 is 11.1 Å². The van der Waals surface area contributed by atoms with Crippen LogP contribution in [0.1, 0.15) is 53.4 Å². The summed E-state index contributed by atoms with van der Waals surface area (Å²) in [7, 11) is 0. The van der Waals surface area contributed by atoms with Crippen molar-refractivity contribution < 1.29 is 9.53 Å². The first-order valence-electron chi connectivity index (χ1n) is 6.07. The number of hydrogen-bond acceptors (Lipinski definition) is 3. The quantitative estimate of drug-likeness (QED) is 0.689. The molecule has 0 aliphatic carbocycles. The average molecular weight is 230 g/mol. The third-order valence-corrected chi connectivity index (χ3v) is 2.19. The van der Waals surface area contributed by atoms with Gasteiger partial charge in [-0.15, -0.1) is 0 Å². The third-order valence-electron chi connectivity index (χ3n) is 2.19. The summed E-state index contributed by atoms with van der Waals surface area (Å²) in [4.78, 5) is 11.3. The molecule has 0 rings (SSSR count). The third kappa shape index (κ3) is 9.77. The minimum atomic E-state index is -0.422. The fraction of sp³-hybridized carbons (Fsp3) is 0.917. The predicted molar refractivity (Wildman–Crippen MR) is 66.4 cm³/mol. The van der Waals surface area contributed by atoms with Gasteiger partial charge in [-0.05, 0) is 40.0 Å². The van der Waals surface area contributed by atoms with Gasteiger partial charge in [-0.1, -0.05) is 13.3 Å². The molecular weight excluding hydrogens is 204 g/mol. The Balaban J connectivity index is 3.42. The summed E-state index contributed by atoms with van der Waals surface area (Å²) < 4.78 is 5.11. The van der Waals surface area contributed by atoms with Gasteiger partial charge >= 0.3 is 6.09 Å². The van der Waals surface area contributed by atoms with Crippen molar-refractivity contribution in [2.75, 3.05) is 6.54 Å². The maximum atomic E-state index is 11.3. The van der Waals surface area contributed by atoms with Gasteiger partial charge in [0.1, 0.15) is 5.60 Å². The van der Waals surface area contributed by atoms with E-state index >= 15 is 0 Å². The van der Waals surface area contributed by atoms with Crippen LogP contribution in [0.25, 0.3) is 0 Å². The average Bonchev–Trinajstić information content (AvgIpc) is 2.14. The van der Waals surface area contributed by atoms with Gasteiger partial charge in [-0.2, -0.15) is 0 Å². The molecule has 0 radical (unpaired) electrons. The fourth-order valence-electron chi connectivity index (χ4n) is 1.24. The van der Waals surface area contributed by atoms with Gasteiger partial charge < -0.3 is 15.8 Å². The number of nitrogens with one attached hydrogen (secondary N) is 1. The molecule has 0 aliphatic rings. The Morgan fingerprint density at radius 3 is 2.50 bits per heavy atom. The minimum absolute atomic E-state index is 0.293. The molecule has 4 heteroatoms. The van der Waals surface area contributed by atoms with Crippen LogP contribution in [-0.4, -0.2) is 24.3 Å². The Hall–Kier alpha value is -0.770. The van der Waals surface area contributed by atoms with Gasteiger partial charge in [-0.25, -0.2) is 4.79 Å². The van der Waals surface area contributed by atoms with Crippen LogP contribution in [0, 0.1) is 0 Å². The van der Waals surface area contributed by atoms with Crippen molar-refractivity contribution in [1.29, 1.82) is 0 Å². The first kappa shape index (κ1) is 15.2. The molecule has 0 unspecified atom stereocenters. The largest absolute Gasteiger partial charge is 0.444 e. The second-order valence-electron chi connectivity index (χ2n) is 5.09. The lowest BCUT2D eigenvalue weighted by Gasteiger charge is -2.19. The molecule has 1 amide bonds. The first-order chi connectivity index (χ1) is 7.35. The standard InChI is InChI=1S/C12H26N2O2/c1-5-10(13)8-6-7-9-14-11(15)16-12(2,3)4/h10H,5-9,13H2,1-4H3,(H,14,15)/t10-/m1/s1. The normalized spacial score (nSPS) is 13.3. The summed E-state index contributed by atoms with van der Waals surface area (Å²) in [6, 6.07) is 0.293. The summed E-state index contributed by atoms with van der Waals surface area (Å²) in [6.45, 7) is 8.31. The number of rotatable bonds is 6. The van der Waals surface area contributed by atoms with E-state index in [-0.39, 0.29) is 6.09 Å². The number of amides is 1. The molecule has 0 heterocycles. The van der Waals surface area contributed by atoms with Crippen molar-refractivity contribution in [3.63, 3.8) is 0 Å². The van der Waals surface area contributed by atoms with E-state index in [0.29, 0.717) is 12.6 Å². The van der Waals surface area contributed by atoms with E-state index in [0.717, 1.165) is 25.7 Å². The molecule has 16 heavy (non-hydrogen) atoms. The topological polar surface area (TPSA) is 64.3 Å². The van der Waals surface area contributed by atoms with E-state index in [1.165, 1.54) is 0 Å². The zero-order chi connectivity index (χ0) is 12.6. The predicted octanol–water partition coefficient (Wildman–Crippen LogP) is 2.42. The van der Waals surface area contributed by atoms with Crippen LogP contribution in [-0.2, 0) is 4.74 Å². The molecule has 0 aliphatic heterocycles. The van der Waals surface area contributed by atoms with Crippen LogP contribution in [0.5, 0.6) is 0 Å². The molecule has 0 fully saturated rings. The number of carbonyl (C=O) groups is 1. The van der Waals surface area contributed by atoms with E-state index in [1.54, 1.807) is 0 Å². The highest BCUT2D eigenvalue weighted by atomic mass is 16.6. The zero-order valence-electron chi connectivity index (χ0n) is 11.0. The van der Waals surface area contributed by atoms with Crippen LogP contribution in [0.3, 0.4) is 0 Å². The highest BCUT2D eigenvalue weighted by Gasteiger charge is 2.15. The Bertz CT molecular complexity index is 200. The maximum absolute atomic E-state index is 11.3. The highest BCUT2D eigenvalue weighted by Crippen LogP contribution is 2.06. The Labute approximate surface area is 98.9 Å². The summed E-state index contributed by atoms with van der Waals surface area (Å²) in [5.74, 6) is 0. The van der Waals surface area contributed by atoms with Crippen molar-refractivity contribution in [3.05, 3.63) is 0 Å². The lowest BCUT2D eigenvalue weighted by atomic mass is 10.1. The van der Waals surface area contributed by atoms with Crippen LogP contribution in [0.4, 0.5) is 4.79 Å². The summed E-state index contributed by atoms with van der Waals surface area (Å²) in [5, 5.41) is 2.73. The fourth-order valence-corrected chi connectivity index (χ4v) is 1.24. The summed E-state index contributed by atoms with van der Waals surface area (Å²) >= 11 is 0. The number of unbranched alkanes of at least 4 members (excludes halogenated alkanes) is 1. The van der Waals surface area contributed by atoms with Crippen LogP contribution in [0.2, 0.25) is 0 Å². The molecule has 0 saturated heterocycles. The van der Waals surface area contributed by atoms with E-state index in [9.17, 15) is 4.79 Å². The Kier molecular flexibility index (Phi) is 7.13. The Morgan fingerprint density at radius 1 is 1.38 bits per heavy atom. The molecule has 1 atom stereocenters. The number of alkyl carbamates (subject to hydrolysis) is 1. The summed E-state index contributed by atoms with van der Waals surface area (Å²) in [5.41, 5.74) is 5.36. The van der Waals surface area contributed by atoms with E-state index < -0.39 is 5.60 Å². The SMILES string of the molecule is CC[C@@H](N)CCCCNC(=O)OC(C)(C)C. The number of ether oxygens (including phenoxy) is 1. The first-order valence-corrected chi connectivity index (χ1v) is 6.07. The summed E-state index contributed by atoms with van der Waals surface area (Å²) in [6.07, 6.45) is 3.69. The number of hydrogen-bond donors (Lipinski definition) is 2. The number of carbonyl (C=O) groups excluding carboxylic acids is 1. The minimum Gasteiger partial charge on any atom is -0.444 e. The Morgan fingerprint density at radius 2 is 2.00 bits per heavy atom. The second kappa shape index (κ2) is 7.49. The monoisotopic (exact) mass is 230 g/mol. The van der Waals surface area contributed by atoms with E-state index in [1.807, 2.05) is 20.8 Å². The molecule has 0 bridgehead atoms. The van der Waals surface area contributed by atoms with Crippen LogP contribution >= 0.6 is 0 Å². The highest BCUT2D eigenvalue weighted by molar-refractivity contribution is 5.67. The maximum Gasteiger partial charge on any atom is 0.407 e. The van der Waals surface area contributed by atoms with Gasteiger partial charge in [0.15, 0.2) is 0 Å². The van der Waals surface area contributed by atoms with E-state index in [4.69, 9.17) is 10.5 Å². The molecule has 0 spiro atoms. The van der Waals surface area contributed by atoms with Crippen molar-refractivity contribution in [3.8, 4) is 0 Å². The van der Waals surface area contributed by atoms with Gasteiger partial charge in [0.05, 0.1) is 0 Å². The molecule has 3 N–H and O–H groups in total. The number of nitrogens with two attached hydrogens (primary N) is 1. The lowest BCUT2D eigenvalue weighted by molar-refractivity contribution is 0.0527. The van der Waals surface area contributed by atoms with Crippen molar-refractivity contribution in [2.45, 2.75) is 65.0 Å². The zero-order valence-corrected chi connectivity index (χ0v) is 11.0. The molecule has 0 saturated carbocycles. The van der Waals surface area contributed by atoms with Gasteiger partial charge in [-0.3, -0.25) is 0 Å². The smallest absolute Gasteiger partial charge is 0.407 e. The second-order valence-corrected chi connectivity index (χ2v) is 5.09. The van der Waals surface area contributed by atoms with Crippen molar-refractivity contribution in [2.24, 2.45) is 5.73 Å². The van der Waals surface area contributed by atoms with Crippen molar-refractivity contribution in [1.82, 2.24) is 5.32 Å². The molecule has 4 nitrogen and oxygen atoms in total.